The molecule has 0 aliphatic carbocycles. The Morgan fingerprint density at radius 1 is 1.62 bits per heavy atom. The number of hydrogen-bond donors (Lipinski definition) is 1. The third-order valence-electron chi connectivity index (χ3n) is 1.90. The maximum atomic E-state index is 9.14. The van der Waals surface area contributed by atoms with Crippen molar-refractivity contribution in [1.29, 1.82) is 0 Å². The lowest BCUT2D eigenvalue weighted by molar-refractivity contribution is 0.142. The number of aliphatic hydroxyl groups is 1. The van der Waals surface area contributed by atoms with E-state index in [1.807, 2.05) is 14.0 Å². The monoisotopic (exact) mass is 199 g/mol. The zero-order valence-electron chi connectivity index (χ0n) is 8.23. The number of aliphatic hydroxyl groups excluding tert-OH is 1. The third-order valence-corrected chi connectivity index (χ3v) is 2.83. The molecule has 74 valence electrons. The van der Waals surface area contributed by atoms with Crippen LogP contribution in [-0.2, 0) is 6.42 Å². The molecular formula is C10H17NOS. The Labute approximate surface area is 83.8 Å². The molecule has 0 fully saturated rings. The van der Waals surface area contributed by atoms with Gasteiger partial charge in [0.25, 0.3) is 0 Å². The summed E-state index contributed by atoms with van der Waals surface area (Å²) in [7, 11) is 2.04. The second-order valence-electron chi connectivity index (χ2n) is 3.44. The van der Waals surface area contributed by atoms with Crippen LogP contribution in [0, 0.1) is 0 Å². The molecule has 0 saturated heterocycles. The van der Waals surface area contributed by atoms with Crippen LogP contribution in [-0.4, -0.2) is 36.2 Å². The van der Waals surface area contributed by atoms with E-state index >= 15 is 0 Å². The van der Waals surface area contributed by atoms with E-state index in [0.717, 1.165) is 19.5 Å². The minimum atomic E-state index is -0.228. The van der Waals surface area contributed by atoms with Gasteiger partial charge in [-0.15, -0.1) is 11.3 Å². The molecule has 3 heteroatoms. The first kappa shape index (κ1) is 10.7. The molecule has 0 bridgehead atoms. The summed E-state index contributed by atoms with van der Waals surface area (Å²) >= 11 is 1.79. The first-order valence-corrected chi connectivity index (χ1v) is 5.45. The lowest BCUT2D eigenvalue weighted by Gasteiger charge is -2.17. The molecule has 0 spiro atoms. The van der Waals surface area contributed by atoms with Crippen molar-refractivity contribution in [1.82, 2.24) is 4.90 Å². The van der Waals surface area contributed by atoms with Gasteiger partial charge in [-0.3, -0.25) is 0 Å². The van der Waals surface area contributed by atoms with Gasteiger partial charge in [0.15, 0.2) is 0 Å². The summed E-state index contributed by atoms with van der Waals surface area (Å²) < 4.78 is 0. The molecule has 0 aliphatic rings. The van der Waals surface area contributed by atoms with Crippen LogP contribution in [0.2, 0.25) is 0 Å². The fraction of sp³-hybridized carbons (Fsp3) is 0.600. The number of thiophene rings is 1. The second kappa shape index (κ2) is 5.37. The molecular weight excluding hydrogens is 182 g/mol. The van der Waals surface area contributed by atoms with E-state index in [0.29, 0.717) is 0 Å². The largest absolute Gasteiger partial charge is 0.392 e. The van der Waals surface area contributed by atoms with Gasteiger partial charge in [-0.2, -0.15) is 0 Å². The number of likely N-dealkylation sites (N-methyl/N-ethyl adjacent to an activating group) is 1. The van der Waals surface area contributed by atoms with E-state index in [2.05, 4.69) is 22.4 Å². The molecule has 0 aromatic carbocycles. The van der Waals surface area contributed by atoms with Gasteiger partial charge >= 0.3 is 0 Å². The lowest BCUT2D eigenvalue weighted by Crippen LogP contribution is -2.28. The Morgan fingerprint density at radius 2 is 2.38 bits per heavy atom. The predicted octanol–water partition coefficient (Wildman–Crippen LogP) is 1.60. The van der Waals surface area contributed by atoms with Crippen LogP contribution in [0.3, 0.4) is 0 Å². The highest BCUT2D eigenvalue weighted by molar-refractivity contribution is 7.09. The van der Waals surface area contributed by atoms with E-state index in [1.165, 1.54) is 4.88 Å². The Hall–Kier alpha value is -0.380. The van der Waals surface area contributed by atoms with Gasteiger partial charge in [0.05, 0.1) is 6.10 Å². The predicted molar refractivity (Wildman–Crippen MR) is 57.2 cm³/mol. The first-order chi connectivity index (χ1) is 6.18. The Bertz CT molecular complexity index is 221. The summed E-state index contributed by atoms with van der Waals surface area (Å²) in [6.07, 6.45) is 0.856. The summed E-state index contributed by atoms with van der Waals surface area (Å²) in [6.45, 7) is 3.60. The van der Waals surface area contributed by atoms with E-state index in [4.69, 9.17) is 5.11 Å². The minimum absolute atomic E-state index is 0.228. The molecule has 0 radical (unpaired) electrons. The van der Waals surface area contributed by atoms with Crippen LogP contribution in [0.4, 0.5) is 0 Å². The highest BCUT2D eigenvalue weighted by atomic mass is 32.1. The Morgan fingerprint density at radius 3 is 2.92 bits per heavy atom. The second-order valence-corrected chi connectivity index (χ2v) is 4.47. The van der Waals surface area contributed by atoms with Crippen LogP contribution in [0.25, 0.3) is 0 Å². The molecule has 1 heterocycles. The minimum Gasteiger partial charge on any atom is -0.392 e. The summed E-state index contributed by atoms with van der Waals surface area (Å²) in [5, 5.41) is 11.2. The molecule has 1 rings (SSSR count). The molecule has 1 unspecified atom stereocenters. The molecule has 1 aromatic rings. The zero-order valence-corrected chi connectivity index (χ0v) is 9.05. The molecule has 1 N–H and O–H groups in total. The fourth-order valence-electron chi connectivity index (χ4n) is 1.30. The smallest absolute Gasteiger partial charge is 0.0638 e. The van der Waals surface area contributed by atoms with E-state index < -0.39 is 0 Å². The van der Waals surface area contributed by atoms with Crippen LogP contribution in [0.15, 0.2) is 17.5 Å². The Balaban J connectivity index is 2.19. The molecule has 1 atom stereocenters. The van der Waals surface area contributed by atoms with Crippen LogP contribution in [0.5, 0.6) is 0 Å². The van der Waals surface area contributed by atoms with E-state index in [-0.39, 0.29) is 6.10 Å². The lowest BCUT2D eigenvalue weighted by atomic mass is 10.3. The maximum absolute atomic E-state index is 9.14. The van der Waals surface area contributed by atoms with Gasteiger partial charge in [0, 0.05) is 18.0 Å². The molecule has 0 aliphatic heterocycles. The Kier molecular flexibility index (Phi) is 4.42. The van der Waals surface area contributed by atoms with Gasteiger partial charge in [-0.1, -0.05) is 6.07 Å². The SMILES string of the molecule is CC(O)CN(C)CCc1cccs1. The first-order valence-electron chi connectivity index (χ1n) is 4.57. The molecule has 0 amide bonds. The van der Waals surface area contributed by atoms with Crippen molar-refractivity contribution in [3.05, 3.63) is 22.4 Å². The number of hydrogen-bond acceptors (Lipinski definition) is 3. The zero-order chi connectivity index (χ0) is 9.68. The number of nitrogens with zero attached hydrogens (tertiary/aromatic N) is 1. The standard InChI is InChI=1S/C10H17NOS/c1-9(12)8-11(2)6-5-10-4-3-7-13-10/h3-4,7,9,12H,5-6,8H2,1-2H3. The van der Waals surface area contributed by atoms with Crippen LogP contribution in [0.1, 0.15) is 11.8 Å². The van der Waals surface area contributed by atoms with Crippen molar-refractivity contribution in [3.63, 3.8) is 0 Å². The van der Waals surface area contributed by atoms with Crippen molar-refractivity contribution in [2.75, 3.05) is 20.1 Å². The van der Waals surface area contributed by atoms with E-state index in [9.17, 15) is 0 Å². The van der Waals surface area contributed by atoms with Crippen molar-refractivity contribution >= 4 is 11.3 Å². The molecule has 13 heavy (non-hydrogen) atoms. The van der Waals surface area contributed by atoms with Gasteiger partial charge in [-0.05, 0) is 31.8 Å². The van der Waals surface area contributed by atoms with Crippen LogP contribution < -0.4 is 0 Å². The highest BCUT2D eigenvalue weighted by Crippen LogP contribution is 2.09. The average Bonchev–Trinajstić information content (AvgIpc) is 2.51. The number of rotatable bonds is 5. The summed E-state index contributed by atoms with van der Waals surface area (Å²) in [5.74, 6) is 0. The van der Waals surface area contributed by atoms with Gasteiger partial charge in [-0.25, -0.2) is 0 Å². The maximum Gasteiger partial charge on any atom is 0.0638 e. The fourth-order valence-corrected chi connectivity index (χ4v) is 2.00. The quantitative estimate of drug-likeness (QED) is 0.778. The average molecular weight is 199 g/mol. The summed E-state index contributed by atoms with van der Waals surface area (Å²) in [6, 6.07) is 4.23. The third kappa shape index (κ3) is 4.41. The van der Waals surface area contributed by atoms with Crippen molar-refractivity contribution in [2.24, 2.45) is 0 Å². The van der Waals surface area contributed by atoms with Crippen LogP contribution >= 0.6 is 11.3 Å². The van der Waals surface area contributed by atoms with Crippen molar-refractivity contribution in [2.45, 2.75) is 19.4 Å². The highest BCUT2D eigenvalue weighted by Gasteiger charge is 2.02. The van der Waals surface area contributed by atoms with Gasteiger partial charge in [0.2, 0.25) is 0 Å². The topological polar surface area (TPSA) is 23.5 Å². The summed E-state index contributed by atoms with van der Waals surface area (Å²) in [5.41, 5.74) is 0. The van der Waals surface area contributed by atoms with Gasteiger partial charge < -0.3 is 10.0 Å². The molecule has 0 saturated carbocycles. The summed E-state index contributed by atoms with van der Waals surface area (Å²) in [4.78, 5) is 3.57. The molecule has 1 aromatic heterocycles. The van der Waals surface area contributed by atoms with Crippen molar-refractivity contribution < 1.29 is 5.11 Å². The van der Waals surface area contributed by atoms with Crippen molar-refractivity contribution in [3.8, 4) is 0 Å². The van der Waals surface area contributed by atoms with Gasteiger partial charge in [0.1, 0.15) is 0 Å². The molecule has 2 nitrogen and oxygen atoms in total. The normalized spacial score (nSPS) is 13.5. The van der Waals surface area contributed by atoms with E-state index in [1.54, 1.807) is 11.3 Å².